The Morgan fingerprint density at radius 1 is 0.957 bits per heavy atom. The first-order valence-electron chi connectivity index (χ1n) is 9.31. The third-order valence-electron chi connectivity index (χ3n) is 6.06. The Hall–Kier alpha value is 0.769. The van der Waals surface area contributed by atoms with Crippen LogP contribution in [0.2, 0.25) is 0 Å². The van der Waals surface area contributed by atoms with Gasteiger partial charge in [0.2, 0.25) is 0 Å². The van der Waals surface area contributed by atoms with Gasteiger partial charge in [-0.05, 0) is 61.9 Å². The van der Waals surface area contributed by atoms with Crippen LogP contribution in [-0.4, -0.2) is 16.5 Å². The third-order valence-corrected chi connectivity index (χ3v) is 6.06. The maximum atomic E-state index is 4.20. The van der Waals surface area contributed by atoms with Gasteiger partial charge in [-0.25, -0.2) is 0 Å². The fraction of sp³-hybridized carbons (Fsp3) is 0.950. The molecule has 3 heteroatoms. The number of halogens is 1. The van der Waals surface area contributed by atoms with Crippen molar-refractivity contribution < 1.29 is 15.1 Å². The number of rotatable bonds is 3. The van der Waals surface area contributed by atoms with Gasteiger partial charge < -0.3 is 4.90 Å². The van der Waals surface area contributed by atoms with Gasteiger partial charge in [-0.1, -0.05) is 54.4 Å². The topological polar surface area (TPSA) is 3.24 Å². The SMILES string of the molecule is CC(C)C1CCC[C@@H](C(C)C)C1N1[CH-]C(C)(C)CC1(C)C.[Cl][Cu+]. The van der Waals surface area contributed by atoms with Crippen molar-refractivity contribution in [1.82, 2.24) is 4.90 Å². The van der Waals surface area contributed by atoms with Gasteiger partial charge in [0.05, 0.1) is 0 Å². The zero-order valence-electron chi connectivity index (χ0n) is 16.4. The second-order valence-electron chi connectivity index (χ2n) is 9.75. The van der Waals surface area contributed by atoms with Crippen LogP contribution in [0.5, 0.6) is 0 Å². The molecule has 0 aromatic carbocycles. The summed E-state index contributed by atoms with van der Waals surface area (Å²) in [7, 11) is 4.20. The Bertz CT molecular complexity index is 349. The van der Waals surface area contributed by atoms with Crippen molar-refractivity contribution >= 4 is 10.1 Å². The second kappa shape index (κ2) is 8.43. The fourth-order valence-electron chi connectivity index (χ4n) is 5.41. The van der Waals surface area contributed by atoms with Gasteiger partial charge in [-0.2, -0.15) is 0 Å². The molecular weight excluding hydrogens is 353 g/mol. The van der Waals surface area contributed by atoms with Gasteiger partial charge in [0, 0.05) is 0 Å². The minimum absolute atomic E-state index is 0.311. The van der Waals surface area contributed by atoms with E-state index in [4.69, 9.17) is 0 Å². The molecule has 2 unspecified atom stereocenters. The predicted molar refractivity (Wildman–Crippen MR) is 98.8 cm³/mol. The first kappa shape index (κ1) is 21.8. The van der Waals surface area contributed by atoms with E-state index in [1.165, 1.54) is 25.7 Å². The quantitative estimate of drug-likeness (QED) is 0.395. The molecule has 2 rings (SSSR count). The zero-order valence-corrected chi connectivity index (χ0v) is 18.1. The normalized spacial score (nSPS) is 33.7. The molecule has 3 atom stereocenters. The van der Waals surface area contributed by atoms with Crippen LogP contribution >= 0.6 is 10.1 Å². The molecule has 1 saturated heterocycles. The second-order valence-corrected chi connectivity index (χ2v) is 9.75. The Morgan fingerprint density at radius 2 is 1.39 bits per heavy atom. The predicted octanol–water partition coefficient (Wildman–Crippen LogP) is 6.44. The Labute approximate surface area is 158 Å². The summed E-state index contributed by atoms with van der Waals surface area (Å²) in [5.41, 5.74) is 0.662. The maximum absolute atomic E-state index is 4.20. The summed E-state index contributed by atoms with van der Waals surface area (Å²) in [5, 5.41) is 0. The molecule has 2 aliphatic rings. The van der Waals surface area contributed by atoms with E-state index in [1.54, 1.807) is 0 Å². The Morgan fingerprint density at radius 3 is 1.70 bits per heavy atom. The van der Waals surface area contributed by atoms with Gasteiger partial charge in [0.15, 0.2) is 0 Å². The molecule has 1 saturated carbocycles. The average molecular weight is 392 g/mol. The van der Waals surface area contributed by atoms with Crippen LogP contribution in [0.4, 0.5) is 0 Å². The first-order chi connectivity index (χ1) is 10.6. The molecular formula is C20H38ClCuN. The number of nitrogens with zero attached hydrogens (tertiary/aromatic N) is 1. The van der Waals surface area contributed by atoms with Crippen LogP contribution in [-0.2, 0) is 15.1 Å². The molecule has 1 aliphatic heterocycles. The van der Waals surface area contributed by atoms with E-state index in [9.17, 15) is 0 Å². The molecule has 0 bridgehead atoms. The fourth-order valence-corrected chi connectivity index (χ4v) is 5.41. The molecule has 0 aromatic heterocycles. The van der Waals surface area contributed by atoms with E-state index in [-0.39, 0.29) is 0 Å². The van der Waals surface area contributed by atoms with Gasteiger partial charge in [0.25, 0.3) is 0 Å². The molecule has 141 valence electrons. The van der Waals surface area contributed by atoms with Crippen molar-refractivity contribution in [2.24, 2.45) is 29.1 Å². The zero-order chi connectivity index (χ0) is 18.0. The summed E-state index contributed by atoms with van der Waals surface area (Å²) < 4.78 is 0. The van der Waals surface area contributed by atoms with Crippen molar-refractivity contribution in [2.45, 2.75) is 92.7 Å². The van der Waals surface area contributed by atoms with Gasteiger partial charge >= 0.3 is 25.2 Å². The van der Waals surface area contributed by atoms with Crippen molar-refractivity contribution in [3.8, 4) is 0 Å². The Balaban J connectivity index is 0.00000127. The van der Waals surface area contributed by atoms with Crippen LogP contribution < -0.4 is 0 Å². The molecule has 0 radical (unpaired) electrons. The standard InChI is InChI=1S/C20H38N.ClH.Cu/c1-14(2)16-10-9-11-17(15(3)4)18(16)21-13-19(5,6)12-20(21,7)8;;/h13-18H,9-12H2,1-8H3;1H;/q-1;;+2/p-1/t16-,17?,18?;;/m0../s1. The summed E-state index contributed by atoms with van der Waals surface area (Å²) in [6.45, 7) is 22.1. The summed E-state index contributed by atoms with van der Waals surface area (Å²) in [5.74, 6) is 3.31. The van der Waals surface area contributed by atoms with Gasteiger partial charge in [-0.15, -0.1) is 5.41 Å². The summed E-state index contributed by atoms with van der Waals surface area (Å²) in [6.07, 6.45) is 5.56. The van der Waals surface area contributed by atoms with E-state index in [1.807, 2.05) is 0 Å². The average Bonchev–Trinajstić information content (AvgIpc) is 2.67. The van der Waals surface area contributed by atoms with Crippen LogP contribution in [0.3, 0.4) is 0 Å². The van der Waals surface area contributed by atoms with Crippen molar-refractivity contribution in [3.63, 3.8) is 0 Å². The van der Waals surface area contributed by atoms with Gasteiger partial charge in [-0.3, -0.25) is 6.54 Å². The van der Waals surface area contributed by atoms with Crippen LogP contribution in [0.15, 0.2) is 0 Å². The van der Waals surface area contributed by atoms with E-state index in [2.05, 4.69) is 92.0 Å². The Kier molecular flexibility index (Phi) is 8.00. The van der Waals surface area contributed by atoms with Crippen molar-refractivity contribution in [2.75, 3.05) is 0 Å². The molecule has 2 fully saturated rings. The molecule has 0 N–H and O–H groups in total. The summed E-state index contributed by atoms with van der Waals surface area (Å²) >= 11 is 3.66. The van der Waals surface area contributed by atoms with Crippen LogP contribution in [0.25, 0.3) is 0 Å². The van der Waals surface area contributed by atoms with Crippen LogP contribution in [0, 0.1) is 35.6 Å². The number of hydrogen-bond acceptors (Lipinski definition) is 1. The third kappa shape index (κ3) is 5.13. The van der Waals surface area contributed by atoms with E-state index >= 15 is 0 Å². The first-order valence-corrected chi connectivity index (χ1v) is 10.6. The molecule has 1 aliphatic carbocycles. The summed E-state index contributed by atoms with van der Waals surface area (Å²) in [6, 6.07) is 0.746. The molecule has 0 spiro atoms. The molecule has 0 aromatic rings. The van der Waals surface area contributed by atoms with E-state index in [0.29, 0.717) is 11.0 Å². The molecule has 1 heterocycles. The molecule has 23 heavy (non-hydrogen) atoms. The van der Waals surface area contributed by atoms with Crippen LogP contribution in [0.1, 0.15) is 81.1 Å². The van der Waals surface area contributed by atoms with Gasteiger partial charge in [0.1, 0.15) is 0 Å². The molecule has 0 amide bonds. The minimum atomic E-state index is 0.311. The van der Waals surface area contributed by atoms with E-state index in [0.717, 1.165) is 29.7 Å². The monoisotopic (exact) mass is 390 g/mol. The van der Waals surface area contributed by atoms with Crippen molar-refractivity contribution in [3.05, 3.63) is 6.54 Å². The van der Waals surface area contributed by atoms with E-state index < -0.39 is 0 Å². The summed E-state index contributed by atoms with van der Waals surface area (Å²) in [4.78, 5) is 2.81. The van der Waals surface area contributed by atoms with Crippen molar-refractivity contribution in [1.29, 1.82) is 0 Å². The number of hydrogen-bond donors (Lipinski definition) is 0. The molecule has 1 nitrogen and oxygen atoms in total. The number of likely N-dealkylation sites (tertiary alicyclic amines) is 1.